The first-order chi connectivity index (χ1) is 9.27. The van der Waals surface area contributed by atoms with E-state index in [1.54, 1.807) is 0 Å². The van der Waals surface area contributed by atoms with Gasteiger partial charge in [-0.3, -0.25) is 0 Å². The lowest BCUT2D eigenvalue weighted by Gasteiger charge is -2.22. The summed E-state index contributed by atoms with van der Waals surface area (Å²) in [5, 5.41) is 18.9. The largest absolute Gasteiger partial charge is 0.394 e. The highest BCUT2D eigenvalue weighted by Crippen LogP contribution is 2.11. The van der Waals surface area contributed by atoms with Gasteiger partial charge in [0.25, 0.3) is 0 Å². The topological polar surface area (TPSA) is 49.7 Å². The standard InChI is InChI=1S/C16H26O3/c1-2-3-4-8-11-19-16(15(18)13-17)12-14-9-6-5-7-10-14/h5-7,9-10,15-18H,2-4,8,11-13H2,1H3. The van der Waals surface area contributed by atoms with Crippen LogP contribution in [0.2, 0.25) is 0 Å². The Morgan fingerprint density at radius 1 is 1.11 bits per heavy atom. The molecule has 2 unspecified atom stereocenters. The summed E-state index contributed by atoms with van der Waals surface area (Å²) in [6, 6.07) is 9.93. The number of benzene rings is 1. The lowest BCUT2D eigenvalue weighted by molar-refractivity contribution is -0.0580. The number of rotatable bonds is 10. The molecule has 1 rings (SSSR count). The van der Waals surface area contributed by atoms with Crippen molar-refractivity contribution in [1.82, 2.24) is 0 Å². The molecule has 3 heteroatoms. The van der Waals surface area contributed by atoms with Crippen molar-refractivity contribution < 1.29 is 14.9 Å². The van der Waals surface area contributed by atoms with Crippen molar-refractivity contribution in [3.8, 4) is 0 Å². The first-order valence-electron chi connectivity index (χ1n) is 7.22. The molecule has 0 saturated carbocycles. The van der Waals surface area contributed by atoms with Gasteiger partial charge in [0.15, 0.2) is 0 Å². The predicted octanol–water partition coefficient (Wildman–Crippen LogP) is 2.55. The van der Waals surface area contributed by atoms with Gasteiger partial charge in [0, 0.05) is 13.0 Å². The van der Waals surface area contributed by atoms with Crippen molar-refractivity contribution in [2.75, 3.05) is 13.2 Å². The summed E-state index contributed by atoms with van der Waals surface area (Å²) in [5.74, 6) is 0. The van der Waals surface area contributed by atoms with Gasteiger partial charge in [-0.25, -0.2) is 0 Å². The fourth-order valence-corrected chi connectivity index (χ4v) is 2.03. The molecule has 0 aliphatic heterocycles. The van der Waals surface area contributed by atoms with Crippen molar-refractivity contribution in [2.24, 2.45) is 0 Å². The fraction of sp³-hybridized carbons (Fsp3) is 0.625. The van der Waals surface area contributed by atoms with E-state index < -0.39 is 6.10 Å². The summed E-state index contributed by atoms with van der Waals surface area (Å²) < 4.78 is 5.74. The zero-order valence-electron chi connectivity index (χ0n) is 11.8. The Bertz CT molecular complexity index is 313. The third-order valence-electron chi connectivity index (χ3n) is 3.23. The molecule has 0 radical (unpaired) electrons. The zero-order chi connectivity index (χ0) is 13.9. The summed E-state index contributed by atoms with van der Waals surface area (Å²) in [6.45, 7) is 2.57. The Balaban J connectivity index is 2.39. The molecule has 0 saturated heterocycles. The molecule has 0 fully saturated rings. The van der Waals surface area contributed by atoms with Crippen LogP contribution in [0.15, 0.2) is 30.3 Å². The number of aliphatic hydroxyl groups excluding tert-OH is 2. The molecule has 2 atom stereocenters. The second kappa shape index (κ2) is 9.96. The molecule has 0 aliphatic rings. The molecule has 1 aromatic carbocycles. The maximum absolute atomic E-state index is 9.81. The third kappa shape index (κ3) is 6.71. The van der Waals surface area contributed by atoms with Crippen molar-refractivity contribution in [3.05, 3.63) is 35.9 Å². The quantitative estimate of drug-likeness (QED) is 0.640. The molecule has 0 amide bonds. The van der Waals surface area contributed by atoms with Gasteiger partial charge in [-0.15, -0.1) is 0 Å². The summed E-state index contributed by atoms with van der Waals surface area (Å²) in [4.78, 5) is 0. The van der Waals surface area contributed by atoms with Crippen LogP contribution in [0.25, 0.3) is 0 Å². The first kappa shape index (κ1) is 16.2. The van der Waals surface area contributed by atoms with E-state index in [-0.39, 0.29) is 12.7 Å². The molecule has 2 N–H and O–H groups in total. The highest BCUT2D eigenvalue weighted by atomic mass is 16.5. The number of ether oxygens (including phenoxy) is 1. The van der Waals surface area contributed by atoms with E-state index in [0.717, 1.165) is 18.4 Å². The Morgan fingerprint density at radius 3 is 2.47 bits per heavy atom. The van der Waals surface area contributed by atoms with E-state index in [2.05, 4.69) is 6.92 Å². The van der Waals surface area contributed by atoms with Gasteiger partial charge in [-0.1, -0.05) is 56.5 Å². The van der Waals surface area contributed by atoms with E-state index in [0.29, 0.717) is 13.0 Å². The monoisotopic (exact) mass is 266 g/mol. The Morgan fingerprint density at radius 2 is 1.84 bits per heavy atom. The number of hydrogen-bond acceptors (Lipinski definition) is 3. The molecule has 1 aromatic rings. The minimum Gasteiger partial charge on any atom is -0.394 e. The number of hydrogen-bond donors (Lipinski definition) is 2. The van der Waals surface area contributed by atoms with Crippen molar-refractivity contribution >= 4 is 0 Å². The molecule has 0 heterocycles. The van der Waals surface area contributed by atoms with E-state index in [9.17, 15) is 5.11 Å². The molecule has 0 aliphatic carbocycles. The highest BCUT2D eigenvalue weighted by molar-refractivity contribution is 5.15. The molecule has 0 bridgehead atoms. The van der Waals surface area contributed by atoms with Gasteiger partial charge in [0.2, 0.25) is 0 Å². The van der Waals surface area contributed by atoms with Crippen molar-refractivity contribution in [3.63, 3.8) is 0 Å². The Labute approximate surface area is 116 Å². The molecule has 0 aromatic heterocycles. The lowest BCUT2D eigenvalue weighted by Crippen LogP contribution is -2.34. The van der Waals surface area contributed by atoms with Crippen LogP contribution in [0.5, 0.6) is 0 Å². The summed E-state index contributed by atoms with van der Waals surface area (Å²) >= 11 is 0. The van der Waals surface area contributed by atoms with Crippen LogP contribution < -0.4 is 0 Å². The minimum absolute atomic E-state index is 0.257. The fourth-order valence-electron chi connectivity index (χ4n) is 2.03. The lowest BCUT2D eigenvalue weighted by atomic mass is 10.0. The minimum atomic E-state index is -0.814. The summed E-state index contributed by atoms with van der Waals surface area (Å²) in [5.41, 5.74) is 1.12. The van der Waals surface area contributed by atoms with Gasteiger partial charge < -0.3 is 14.9 Å². The summed E-state index contributed by atoms with van der Waals surface area (Å²) in [7, 11) is 0. The van der Waals surface area contributed by atoms with Crippen molar-refractivity contribution in [2.45, 2.75) is 51.2 Å². The SMILES string of the molecule is CCCCCCOC(Cc1ccccc1)C(O)CO. The highest BCUT2D eigenvalue weighted by Gasteiger charge is 2.19. The first-order valence-corrected chi connectivity index (χ1v) is 7.22. The van der Waals surface area contributed by atoms with E-state index >= 15 is 0 Å². The smallest absolute Gasteiger partial charge is 0.103 e. The molecule has 3 nitrogen and oxygen atoms in total. The maximum atomic E-state index is 9.81. The normalized spacial score (nSPS) is 14.3. The van der Waals surface area contributed by atoms with E-state index in [1.807, 2.05) is 30.3 Å². The van der Waals surface area contributed by atoms with Crippen molar-refractivity contribution in [1.29, 1.82) is 0 Å². The molecule has 108 valence electrons. The second-order valence-electron chi connectivity index (χ2n) is 4.91. The number of unbranched alkanes of at least 4 members (excludes halogenated alkanes) is 3. The third-order valence-corrected chi connectivity index (χ3v) is 3.23. The van der Waals surface area contributed by atoms with Gasteiger partial charge in [-0.05, 0) is 12.0 Å². The van der Waals surface area contributed by atoms with E-state index in [4.69, 9.17) is 9.84 Å². The predicted molar refractivity (Wildman–Crippen MR) is 77.1 cm³/mol. The van der Waals surface area contributed by atoms with Crippen LogP contribution in [0, 0.1) is 0 Å². The average Bonchev–Trinajstić information content (AvgIpc) is 2.46. The van der Waals surface area contributed by atoms with Crippen LogP contribution >= 0.6 is 0 Å². The zero-order valence-corrected chi connectivity index (χ0v) is 11.8. The van der Waals surface area contributed by atoms with Crippen LogP contribution in [-0.4, -0.2) is 35.6 Å². The van der Waals surface area contributed by atoms with Crippen LogP contribution in [0.3, 0.4) is 0 Å². The molecule has 0 spiro atoms. The van der Waals surface area contributed by atoms with Crippen LogP contribution in [0.1, 0.15) is 38.2 Å². The Hall–Kier alpha value is -0.900. The average molecular weight is 266 g/mol. The molecular weight excluding hydrogens is 240 g/mol. The van der Waals surface area contributed by atoms with Gasteiger partial charge in [0.05, 0.1) is 12.7 Å². The maximum Gasteiger partial charge on any atom is 0.103 e. The summed E-state index contributed by atoms with van der Waals surface area (Å²) in [6.07, 6.45) is 4.08. The second-order valence-corrected chi connectivity index (χ2v) is 4.91. The molecular formula is C16H26O3. The van der Waals surface area contributed by atoms with E-state index in [1.165, 1.54) is 12.8 Å². The van der Waals surface area contributed by atoms with Gasteiger partial charge in [-0.2, -0.15) is 0 Å². The Kier molecular flexibility index (Phi) is 8.47. The van der Waals surface area contributed by atoms with Crippen LogP contribution in [-0.2, 0) is 11.2 Å². The number of aliphatic hydroxyl groups is 2. The molecule has 19 heavy (non-hydrogen) atoms. The van der Waals surface area contributed by atoms with Gasteiger partial charge in [0.1, 0.15) is 6.10 Å². The van der Waals surface area contributed by atoms with Crippen LogP contribution in [0.4, 0.5) is 0 Å². The van der Waals surface area contributed by atoms with Gasteiger partial charge >= 0.3 is 0 Å².